The Morgan fingerprint density at radius 2 is 1.93 bits per heavy atom. The Morgan fingerprint density at radius 1 is 1.14 bits per heavy atom. The summed E-state index contributed by atoms with van der Waals surface area (Å²) >= 11 is 1.28. The topological polar surface area (TPSA) is 76.9 Å². The first kappa shape index (κ1) is 20.5. The van der Waals surface area contributed by atoms with Gasteiger partial charge in [-0.15, -0.1) is 16.8 Å². The van der Waals surface area contributed by atoms with Gasteiger partial charge in [0.1, 0.15) is 0 Å². The number of carbonyl (C=O) groups excluding carboxylic acids is 2. The van der Waals surface area contributed by atoms with Crippen LogP contribution in [0.15, 0.2) is 72.4 Å². The molecule has 0 saturated heterocycles. The number of aromatic nitrogens is 3. The zero-order chi connectivity index (χ0) is 20.6. The van der Waals surface area contributed by atoms with Crippen molar-refractivity contribution in [1.82, 2.24) is 20.1 Å². The number of allylic oxidation sites excluding steroid dienone is 1. The summed E-state index contributed by atoms with van der Waals surface area (Å²) in [5, 5.41) is 11.8. The highest BCUT2D eigenvalue weighted by atomic mass is 32.2. The molecule has 3 rings (SSSR count). The van der Waals surface area contributed by atoms with Crippen molar-refractivity contribution < 1.29 is 9.59 Å². The van der Waals surface area contributed by atoms with E-state index in [0.717, 1.165) is 17.0 Å². The zero-order valence-electron chi connectivity index (χ0n) is 16.2. The Kier molecular flexibility index (Phi) is 6.97. The average Bonchev–Trinajstić information content (AvgIpc) is 3.14. The number of ketones is 1. The fraction of sp³-hybridized carbons (Fsp3) is 0.182. The number of aryl methyl sites for hydroxylation is 1. The average molecular weight is 407 g/mol. The lowest BCUT2D eigenvalue weighted by molar-refractivity contribution is -0.118. The van der Waals surface area contributed by atoms with Crippen LogP contribution in [-0.2, 0) is 11.3 Å². The van der Waals surface area contributed by atoms with Gasteiger partial charge in [0.2, 0.25) is 5.91 Å². The molecule has 0 unspecified atom stereocenters. The van der Waals surface area contributed by atoms with Gasteiger partial charge in [0.05, 0.1) is 12.3 Å². The lowest BCUT2D eigenvalue weighted by atomic mass is 10.1. The summed E-state index contributed by atoms with van der Waals surface area (Å²) in [5.41, 5.74) is 2.67. The second-order valence-corrected chi connectivity index (χ2v) is 7.37. The molecule has 0 aliphatic rings. The van der Waals surface area contributed by atoms with Crippen molar-refractivity contribution >= 4 is 23.5 Å². The maximum absolute atomic E-state index is 12.2. The van der Waals surface area contributed by atoms with E-state index < -0.39 is 0 Å². The van der Waals surface area contributed by atoms with E-state index in [1.165, 1.54) is 11.8 Å². The van der Waals surface area contributed by atoms with Crippen LogP contribution in [0, 0.1) is 6.92 Å². The van der Waals surface area contributed by atoms with Crippen LogP contribution in [0.5, 0.6) is 0 Å². The molecule has 0 aliphatic heterocycles. The molecule has 1 amide bonds. The SMILES string of the molecule is C=CCn1c(SCC(=O)NCC(=O)c2ccccc2)nnc1-c1cccc(C)c1. The normalized spacial score (nSPS) is 10.5. The molecule has 6 nitrogen and oxygen atoms in total. The fourth-order valence-corrected chi connectivity index (χ4v) is 3.55. The summed E-state index contributed by atoms with van der Waals surface area (Å²) < 4.78 is 1.93. The van der Waals surface area contributed by atoms with Crippen molar-refractivity contribution in [3.63, 3.8) is 0 Å². The van der Waals surface area contributed by atoms with E-state index in [-0.39, 0.29) is 24.0 Å². The van der Waals surface area contributed by atoms with Crippen LogP contribution < -0.4 is 5.32 Å². The number of carbonyl (C=O) groups is 2. The van der Waals surface area contributed by atoms with E-state index >= 15 is 0 Å². The third-order valence-electron chi connectivity index (χ3n) is 4.18. The summed E-state index contributed by atoms with van der Waals surface area (Å²) in [6.07, 6.45) is 1.77. The van der Waals surface area contributed by atoms with Crippen molar-refractivity contribution in [2.24, 2.45) is 0 Å². The van der Waals surface area contributed by atoms with Crippen LogP contribution in [-0.4, -0.2) is 38.8 Å². The van der Waals surface area contributed by atoms with Crippen LogP contribution >= 0.6 is 11.8 Å². The Balaban J connectivity index is 1.62. The number of nitrogens with zero attached hydrogens (tertiary/aromatic N) is 3. The van der Waals surface area contributed by atoms with Crippen molar-refractivity contribution in [2.75, 3.05) is 12.3 Å². The van der Waals surface area contributed by atoms with Crippen molar-refractivity contribution in [2.45, 2.75) is 18.6 Å². The van der Waals surface area contributed by atoms with Gasteiger partial charge in [0, 0.05) is 17.7 Å². The molecule has 0 aliphatic carbocycles. The molecule has 0 atom stereocenters. The number of nitrogens with one attached hydrogen (secondary N) is 1. The molecular formula is C22H22N4O2S. The van der Waals surface area contributed by atoms with Gasteiger partial charge in [-0.1, -0.05) is 71.9 Å². The predicted octanol–water partition coefficient (Wildman–Crippen LogP) is 3.53. The number of Topliss-reactive ketones (excluding diaryl/α,β-unsaturated/α-hetero) is 1. The van der Waals surface area contributed by atoms with Crippen molar-refractivity contribution in [3.05, 3.63) is 78.4 Å². The first-order valence-electron chi connectivity index (χ1n) is 9.17. The van der Waals surface area contributed by atoms with E-state index in [9.17, 15) is 9.59 Å². The number of benzene rings is 2. The largest absolute Gasteiger partial charge is 0.348 e. The van der Waals surface area contributed by atoms with Crippen molar-refractivity contribution in [1.29, 1.82) is 0 Å². The zero-order valence-corrected chi connectivity index (χ0v) is 17.0. The van der Waals surface area contributed by atoms with Crippen molar-refractivity contribution in [3.8, 4) is 11.4 Å². The van der Waals surface area contributed by atoms with Gasteiger partial charge in [-0.05, 0) is 13.0 Å². The van der Waals surface area contributed by atoms with Gasteiger partial charge in [-0.3, -0.25) is 14.2 Å². The van der Waals surface area contributed by atoms with Gasteiger partial charge >= 0.3 is 0 Å². The molecule has 1 aromatic heterocycles. The second kappa shape index (κ2) is 9.84. The molecule has 29 heavy (non-hydrogen) atoms. The molecule has 1 N–H and O–H groups in total. The summed E-state index contributed by atoms with van der Waals surface area (Å²) in [6, 6.07) is 16.9. The van der Waals surface area contributed by atoms with E-state index in [0.29, 0.717) is 17.3 Å². The highest BCUT2D eigenvalue weighted by Crippen LogP contribution is 2.24. The third-order valence-corrected chi connectivity index (χ3v) is 5.15. The molecule has 0 fully saturated rings. The number of thioether (sulfide) groups is 1. The first-order valence-corrected chi connectivity index (χ1v) is 10.2. The monoisotopic (exact) mass is 406 g/mol. The van der Waals surface area contributed by atoms with Gasteiger partial charge in [0.25, 0.3) is 0 Å². The highest BCUT2D eigenvalue weighted by Gasteiger charge is 2.15. The summed E-state index contributed by atoms with van der Waals surface area (Å²) in [5.74, 6) is 0.520. The Bertz CT molecular complexity index is 1010. The summed E-state index contributed by atoms with van der Waals surface area (Å²) in [7, 11) is 0. The quantitative estimate of drug-likeness (QED) is 0.334. The van der Waals surface area contributed by atoms with Gasteiger partial charge in [-0.2, -0.15) is 0 Å². The van der Waals surface area contributed by atoms with E-state index in [1.54, 1.807) is 30.3 Å². The van der Waals surface area contributed by atoms with Gasteiger partial charge in [-0.25, -0.2) is 0 Å². The molecule has 0 radical (unpaired) electrons. The minimum absolute atomic E-state index is 0.0305. The number of rotatable bonds is 9. The first-order chi connectivity index (χ1) is 14.1. The van der Waals surface area contributed by atoms with Crippen LogP contribution in [0.1, 0.15) is 15.9 Å². The van der Waals surface area contributed by atoms with Crippen LogP contribution in [0.25, 0.3) is 11.4 Å². The van der Waals surface area contributed by atoms with Crippen LogP contribution in [0.3, 0.4) is 0 Å². The van der Waals surface area contributed by atoms with E-state index in [4.69, 9.17) is 0 Å². The highest BCUT2D eigenvalue weighted by molar-refractivity contribution is 7.99. The lowest BCUT2D eigenvalue weighted by Gasteiger charge is -2.08. The Labute approximate surface area is 174 Å². The minimum atomic E-state index is -0.232. The molecule has 2 aromatic carbocycles. The molecule has 3 aromatic rings. The third kappa shape index (κ3) is 5.42. The molecule has 1 heterocycles. The predicted molar refractivity (Wildman–Crippen MR) is 115 cm³/mol. The van der Waals surface area contributed by atoms with Gasteiger partial charge < -0.3 is 5.32 Å². The maximum atomic E-state index is 12.2. The smallest absolute Gasteiger partial charge is 0.230 e. The Hall–Kier alpha value is -3.19. The molecule has 148 valence electrons. The standard InChI is InChI=1S/C22H22N4O2S/c1-3-12-26-21(18-11-7-8-16(2)13-18)24-25-22(26)29-15-20(28)23-14-19(27)17-9-5-4-6-10-17/h3-11,13H,1,12,14-15H2,2H3,(H,23,28). The number of hydrogen-bond donors (Lipinski definition) is 1. The number of hydrogen-bond acceptors (Lipinski definition) is 5. The lowest BCUT2D eigenvalue weighted by Crippen LogP contribution is -2.30. The molecule has 0 spiro atoms. The fourth-order valence-electron chi connectivity index (χ4n) is 2.77. The molecule has 7 heteroatoms. The van der Waals surface area contributed by atoms with E-state index in [2.05, 4.69) is 22.1 Å². The molecule has 0 bridgehead atoms. The molecule has 0 saturated carbocycles. The summed E-state index contributed by atoms with van der Waals surface area (Å²) in [4.78, 5) is 24.3. The Morgan fingerprint density at radius 3 is 2.66 bits per heavy atom. The maximum Gasteiger partial charge on any atom is 0.230 e. The second-order valence-electron chi connectivity index (χ2n) is 6.43. The number of amides is 1. The van der Waals surface area contributed by atoms with E-state index in [1.807, 2.05) is 41.8 Å². The van der Waals surface area contributed by atoms with Crippen LogP contribution in [0.4, 0.5) is 0 Å². The summed E-state index contributed by atoms with van der Waals surface area (Å²) in [6.45, 7) is 6.33. The van der Waals surface area contributed by atoms with Gasteiger partial charge in [0.15, 0.2) is 16.8 Å². The minimum Gasteiger partial charge on any atom is -0.348 e. The molecular weight excluding hydrogens is 384 g/mol. The van der Waals surface area contributed by atoms with Crippen LogP contribution in [0.2, 0.25) is 0 Å².